The minimum atomic E-state index is -0.269. The number of aryl methyl sites for hydroxylation is 2. The average molecular weight is 347 g/mol. The molecule has 1 aliphatic rings. The second-order valence-electron chi connectivity index (χ2n) is 6.69. The molecule has 1 fully saturated rings. The number of amides is 1. The van der Waals surface area contributed by atoms with Crippen molar-refractivity contribution in [2.75, 3.05) is 6.54 Å². The first kappa shape index (κ1) is 16.7. The van der Waals surface area contributed by atoms with Crippen LogP contribution in [0.5, 0.6) is 0 Å². The Bertz CT molecular complexity index is 972. The minimum Gasteiger partial charge on any atom is -0.349 e. The highest BCUT2D eigenvalue weighted by molar-refractivity contribution is 5.97. The van der Waals surface area contributed by atoms with Crippen LogP contribution >= 0.6 is 0 Å². The van der Waals surface area contributed by atoms with Crippen molar-refractivity contribution in [2.45, 2.75) is 33.1 Å². The summed E-state index contributed by atoms with van der Waals surface area (Å²) in [7, 11) is 0. The van der Waals surface area contributed by atoms with Crippen LogP contribution in [0, 0.1) is 13.8 Å². The summed E-state index contributed by atoms with van der Waals surface area (Å²) in [5, 5.41) is 0. The van der Waals surface area contributed by atoms with Crippen molar-refractivity contribution in [3.05, 3.63) is 71.0 Å². The summed E-state index contributed by atoms with van der Waals surface area (Å²) < 4.78 is 6.00. The molecule has 2 aromatic carbocycles. The Morgan fingerprint density at radius 3 is 2.46 bits per heavy atom. The van der Waals surface area contributed by atoms with Gasteiger partial charge >= 0.3 is 0 Å². The van der Waals surface area contributed by atoms with E-state index in [2.05, 4.69) is 9.97 Å². The smallest absolute Gasteiger partial charge is 0.256 e. The van der Waals surface area contributed by atoms with Gasteiger partial charge in [0.05, 0.1) is 29.0 Å². The van der Waals surface area contributed by atoms with E-state index >= 15 is 0 Å². The standard InChI is InChI=1S/C21H21N3O2/c1-13-14(2)23-19-11-17(9-10-18(19)22-13)21(25)24-12-20(26-15(24)3)16-7-5-4-6-8-16/h4-11,15,20H,12H2,1-3H3. The van der Waals surface area contributed by atoms with Gasteiger partial charge in [-0.3, -0.25) is 4.79 Å². The lowest BCUT2D eigenvalue weighted by atomic mass is 10.1. The Hall–Kier alpha value is -2.79. The summed E-state index contributed by atoms with van der Waals surface area (Å²) >= 11 is 0. The van der Waals surface area contributed by atoms with Crippen LogP contribution in [0.1, 0.15) is 40.3 Å². The predicted octanol–water partition coefficient (Wildman–Crippen LogP) is 3.81. The molecule has 132 valence electrons. The number of carbonyl (C=O) groups is 1. The van der Waals surface area contributed by atoms with Crippen molar-refractivity contribution >= 4 is 16.9 Å². The van der Waals surface area contributed by atoms with Crippen molar-refractivity contribution in [2.24, 2.45) is 0 Å². The second-order valence-corrected chi connectivity index (χ2v) is 6.69. The van der Waals surface area contributed by atoms with Crippen LogP contribution in [0.25, 0.3) is 11.0 Å². The Morgan fingerprint density at radius 1 is 1.04 bits per heavy atom. The Balaban J connectivity index is 1.61. The molecule has 1 aliphatic heterocycles. The lowest BCUT2D eigenvalue weighted by molar-refractivity contribution is 0.0138. The molecule has 5 nitrogen and oxygen atoms in total. The minimum absolute atomic E-state index is 0.0436. The number of ether oxygens (including phenoxy) is 1. The quantitative estimate of drug-likeness (QED) is 0.707. The molecule has 0 spiro atoms. The van der Waals surface area contributed by atoms with Crippen LogP contribution in [0.4, 0.5) is 0 Å². The van der Waals surface area contributed by atoms with Gasteiger partial charge in [-0.25, -0.2) is 9.97 Å². The zero-order chi connectivity index (χ0) is 18.3. The number of hydrogen-bond acceptors (Lipinski definition) is 4. The van der Waals surface area contributed by atoms with Gasteiger partial charge in [0.25, 0.3) is 5.91 Å². The van der Waals surface area contributed by atoms with Gasteiger partial charge in [-0.2, -0.15) is 0 Å². The number of carbonyl (C=O) groups excluding carboxylic acids is 1. The van der Waals surface area contributed by atoms with Crippen molar-refractivity contribution in [3.8, 4) is 0 Å². The summed E-state index contributed by atoms with van der Waals surface area (Å²) in [6.45, 7) is 6.32. The van der Waals surface area contributed by atoms with E-state index in [0.29, 0.717) is 12.1 Å². The summed E-state index contributed by atoms with van der Waals surface area (Å²) in [4.78, 5) is 23.9. The van der Waals surface area contributed by atoms with E-state index in [-0.39, 0.29) is 18.2 Å². The van der Waals surface area contributed by atoms with Crippen LogP contribution < -0.4 is 0 Å². The zero-order valence-electron chi connectivity index (χ0n) is 15.1. The van der Waals surface area contributed by atoms with E-state index in [1.54, 1.807) is 4.90 Å². The maximum atomic E-state index is 13.0. The highest BCUT2D eigenvalue weighted by Crippen LogP contribution is 2.30. The first-order valence-electron chi connectivity index (χ1n) is 8.79. The number of nitrogens with zero attached hydrogens (tertiary/aromatic N) is 3. The molecule has 26 heavy (non-hydrogen) atoms. The molecule has 0 saturated carbocycles. The van der Waals surface area contributed by atoms with Crippen LogP contribution in [-0.2, 0) is 4.74 Å². The van der Waals surface area contributed by atoms with E-state index in [1.807, 2.05) is 69.3 Å². The van der Waals surface area contributed by atoms with E-state index in [1.165, 1.54) is 0 Å². The van der Waals surface area contributed by atoms with Gasteiger partial charge < -0.3 is 9.64 Å². The first-order chi connectivity index (χ1) is 12.5. The third kappa shape index (κ3) is 2.95. The van der Waals surface area contributed by atoms with Crippen molar-refractivity contribution in [1.82, 2.24) is 14.9 Å². The Kier molecular flexibility index (Phi) is 4.17. The maximum absolute atomic E-state index is 13.0. The molecular formula is C21H21N3O2. The summed E-state index contributed by atoms with van der Waals surface area (Å²) in [5.41, 5.74) is 5.03. The van der Waals surface area contributed by atoms with Crippen molar-refractivity contribution in [3.63, 3.8) is 0 Å². The summed E-state index contributed by atoms with van der Waals surface area (Å²) in [5.74, 6) is -0.0436. The molecule has 3 aromatic rings. The number of fused-ring (bicyclic) bond motifs is 1. The molecule has 0 aliphatic carbocycles. The molecule has 1 saturated heterocycles. The molecule has 2 atom stereocenters. The third-order valence-electron chi connectivity index (χ3n) is 4.92. The molecular weight excluding hydrogens is 326 g/mol. The fourth-order valence-corrected chi connectivity index (χ4v) is 3.31. The highest BCUT2D eigenvalue weighted by Gasteiger charge is 2.34. The van der Waals surface area contributed by atoms with E-state index in [9.17, 15) is 4.79 Å². The fraction of sp³-hybridized carbons (Fsp3) is 0.286. The lowest BCUT2D eigenvalue weighted by Gasteiger charge is -2.19. The molecule has 5 heteroatoms. The van der Waals surface area contributed by atoms with Crippen LogP contribution in [-0.4, -0.2) is 33.5 Å². The topological polar surface area (TPSA) is 55.3 Å². The van der Waals surface area contributed by atoms with E-state index in [4.69, 9.17) is 4.74 Å². The summed E-state index contributed by atoms with van der Waals surface area (Å²) in [6, 6.07) is 15.5. The Labute approximate surface area is 152 Å². The molecule has 4 rings (SSSR count). The van der Waals surface area contributed by atoms with Gasteiger partial charge in [-0.15, -0.1) is 0 Å². The molecule has 1 aromatic heterocycles. The third-order valence-corrected chi connectivity index (χ3v) is 4.92. The molecule has 0 N–H and O–H groups in total. The van der Waals surface area contributed by atoms with Gasteiger partial charge in [0.2, 0.25) is 0 Å². The molecule has 2 unspecified atom stereocenters. The molecule has 0 bridgehead atoms. The van der Waals surface area contributed by atoms with E-state index in [0.717, 1.165) is 28.0 Å². The van der Waals surface area contributed by atoms with Gasteiger partial charge in [0, 0.05) is 5.56 Å². The van der Waals surface area contributed by atoms with Gasteiger partial charge in [0.15, 0.2) is 0 Å². The van der Waals surface area contributed by atoms with E-state index < -0.39 is 0 Å². The number of hydrogen-bond donors (Lipinski definition) is 0. The monoisotopic (exact) mass is 347 g/mol. The Morgan fingerprint density at radius 2 is 1.73 bits per heavy atom. The molecule has 0 radical (unpaired) electrons. The highest BCUT2D eigenvalue weighted by atomic mass is 16.5. The zero-order valence-corrected chi connectivity index (χ0v) is 15.1. The summed E-state index contributed by atoms with van der Waals surface area (Å²) in [6.07, 6.45) is -0.366. The SMILES string of the molecule is Cc1nc2ccc(C(=O)N3CC(c4ccccc4)OC3C)cc2nc1C. The van der Waals surface area contributed by atoms with Gasteiger partial charge in [0.1, 0.15) is 12.3 Å². The van der Waals surface area contributed by atoms with Crippen molar-refractivity contribution in [1.29, 1.82) is 0 Å². The van der Waals surface area contributed by atoms with Crippen LogP contribution in [0.2, 0.25) is 0 Å². The van der Waals surface area contributed by atoms with Crippen molar-refractivity contribution < 1.29 is 9.53 Å². The second kappa shape index (κ2) is 6.50. The maximum Gasteiger partial charge on any atom is 0.256 e. The van der Waals surface area contributed by atoms with Crippen LogP contribution in [0.3, 0.4) is 0 Å². The molecule has 2 heterocycles. The lowest BCUT2D eigenvalue weighted by Crippen LogP contribution is -2.34. The number of rotatable bonds is 2. The number of benzene rings is 2. The normalized spacial score (nSPS) is 19.9. The van der Waals surface area contributed by atoms with Gasteiger partial charge in [-0.05, 0) is 44.5 Å². The number of aromatic nitrogens is 2. The van der Waals surface area contributed by atoms with Crippen LogP contribution in [0.15, 0.2) is 48.5 Å². The average Bonchev–Trinajstić information content (AvgIpc) is 3.04. The van der Waals surface area contributed by atoms with Gasteiger partial charge in [-0.1, -0.05) is 30.3 Å². The largest absolute Gasteiger partial charge is 0.349 e. The molecule has 1 amide bonds. The fourth-order valence-electron chi connectivity index (χ4n) is 3.31. The predicted molar refractivity (Wildman–Crippen MR) is 99.8 cm³/mol. The first-order valence-corrected chi connectivity index (χ1v) is 8.79.